The highest BCUT2D eigenvalue weighted by atomic mass is 32.2. The third-order valence-electron chi connectivity index (χ3n) is 7.08. The molecular formula is C31H26N4O4S2. The first-order valence-electron chi connectivity index (χ1n) is 13.0. The number of aromatic nitrogens is 2. The van der Waals surface area contributed by atoms with Crippen LogP contribution in [-0.2, 0) is 26.2 Å². The zero-order chi connectivity index (χ0) is 28.7. The van der Waals surface area contributed by atoms with Crippen molar-refractivity contribution >= 4 is 49.1 Å². The van der Waals surface area contributed by atoms with Crippen LogP contribution < -0.4 is 4.90 Å². The van der Waals surface area contributed by atoms with Crippen LogP contribution >= 0.6 is 11.3 Å². The summed E-state index contributed by atoms with van der Waals surface area (Å²) >= 11 is 1.57. The van der Waals surface area contributed by atoms with Crippen LogP contribution in [0.3, 0.4) is 0 Å². The molecule has 3 heterocycles. The summed E-state index contributed by atoms with van der Waals surface area (Å²) in [6, 6.07) is 21.8. The zero-order valence-corrected chi connectivity index (χ0v) is 24.0. The molecule has 0 aliphatic carbocycles. The standard InChI is InChI=1S/C31H26N4O4S2/c1-20-5-12-25(13-6-20)41(38,39)34(19-22-4-3-15-32-18-22)27-17-29(36)35(31(27)37)24-10-8-23(9-11-24)30-33-26-14-7-21(2)16-28(26)40-30/h3-16,18,27H,17,19H2,1-2H3. The molecular weight excluding hydrogens is 556 g/mol. The predicted octanol–water partition coefficient (Wildman–Crippen LogP) is 5.50. The molecule has 1 saturated heterocycles. The summed E-state index contributed by atoms with van der Waals surface area (Å²) in [5, 5.41) is 0.834. The van der Waals surface area contributed by atoms with Crippen molar-refractivity contribution in [2.75, 3.05) is 4.90 Å². The number of sulfonamides is 1. The number of aryl methyl sites for hydroxylation is 2. The van der Waals surface area contributed by atoms with Crippen LogP contribution in [0.1, 0.15) is 23.1 Å². The minimum Gasteiger partial charge on any atom is -0.274 e. The average molecular weight is 583 g/mol. The highest BCUT2D eigenvalue weighted by Crippen LogP contribution is 2.34. The molecule has 0 saturated carbocycles. The summed E-state index contributed by atoms with van der Waals surface area (Å²) in [5.74, 6) is -1.05. The van der Waals surface area contributed by atoms with Crippen molar-refractivity contribution in [2.24, 2.45) is 0 Å². The van der Waals surface area contributed by atoms with E-state index in [1.54, 1.807) is 60.1 Å². The Kier molecular flexibility index (Phi) is 6.98. The van der Waals surface area contributed by atoms with Gasteiger partial charge in [0.05, 0.1) is 27.2 Å². The average Bonchev–Trinajstić information content (AvgIpc) is 3.52. The largest absolute Gasteiger partial charge is 0.274 e. The van der Waals surface area contributed by atoms with E-state index in [1.807, 2.05) is 38.1 Å². The molecule has 1 fully saturated rings. The first-order chi connectivity index (χ1) is 19.7. The van der Waals surface area contributed by atoms with Crippen molar-refractivity contribution in [3.63, 3.8) is 0 Å². The van der Waals surface area contributed by atoms with Crippen LogP contribution in [0, 0.1) is 13.8 Å². The lowest BCUT2D eigenvalue weighted by molar-refractivity contribution is -0.122. The van der Waals surface area contributed by atoms with Crippen molar-refractivity contribution in [3.05, 3.63) is 108 Å². The minimum absolute atomic E-state index is 0.0565. The molecule has 1 unspecified atom stereocenters. The van der Waals surface area contributed by atoms with Gasteiger partial charge in [0, 0.05) is 24.5 Å². The molecule has 5 aromatic rings. The first kappa shape index (κ1) is 26.9. The summed E-state index contributed by atoms with van der Waals surface area (Å²) in [7, 11) is -4.12. The predicted molar refractivity (Wildman–Crippen MR) is 159 cm³/mol. The Morgan fingerprint density at radius 3 is 2.39 bits per heavy atom. The van der Waals surface area contributed by atoms with Gasteiger partial charge in [0.1, 0.15) is 11.0 Å². The van der Waals surface area contributed by atoms with Gasteiger partial charge in [0.15, 0.2) is 0 Å². The number of carbonyl (C=O) groups excluding carboxylic acids is 2. The van der Waals surface area contributed by atoms with Gasteiger partial charge in [0.2, 0.25) is 15.9 Å². The summed E-state index contributed by atoms with van der Waals surface area (Å²) in [4.78, 5) is 36.9. The van der Waals surface area contributed by atoms with Gasteiger partial charge in [-0.1, -0.05) is 29.8 Å². The Bertz CT molecular complexity index is 1870. The Morgan fingerprint density at radius 2 is 1.68 bits per heavy atom. The monoisotopic (exact) mass is 582 g/mol. The number of anilines is 1. The van der Waals surface area contributed by atoms with Crippen molar-refractivity contribution in [1.82, 2.24) is 14.3 Å². The number of benzene rings is 3. The second-order valence-electron chi connectivity index (χ2n) is 10.0. The first-order valence-corrected chi connectivity index (χ1v) is 15.3. The van der Waals surface area contributed by atoms with Crippen molar-refractivity contribution < 1.29 is 18.0 Å². The summed E-state index contributed by atoms with van der Waals surface area (Å²) < 4.78 is 29.9. The third kappa shape index (κ3) is 5.17. The van der Waals surface area contributed by atoms with Gasteiger partial charge >= 0.3 is 0 Å². The van der Waals surface area contributed by atoms with Gasteiger partial charge in [0.25, 0.3) is 5.91 Å². The van der Waals surface area contributed by atoms with E-state index in [1.165, 1.54) is 12.1 Å². The second kappa shape index (κ2) is 10.6. The Morgan fingerprint density at radius 1 is 0.951 bits per heavy atom. The maximum Gasteiger partial charge on any atom is 0.252 e. The van der Waals surface area contributed by atoms with Gasteiger partial charge in [-0.15, -0.1) is 11.3 Å². The van der Waals surface area contributed by atoms with Crippen molar-refractivity contribution in [2.45, 2.75) is 37.8 Å². The lowest BCUT2D eigenvalue weighted by Crippen LogP contribution is -2.45. The molecule has 2 amide bonds. The lowest BCUT2D eigenvalue weighted by atomic mass is 10.2. The number of pyridine rings is 1. The van der Waals surface area contributed by atoms with Crippen LogP contribution in [0.25, 0.3) is 20.8 Å². The number of fused-ring (bicyclic) bond motifs is 1. The molecule has 3 aromatic carbocycles. The van der Waals surface area contributed by atoms with E-state index in [4.69, 9.17) is 4.98 Å². The maximum absolute atomic E-state index is 13.8. The lowest BCUT2D eigenvalue weighted by Gasteiger charge is -2.27. The molecule has 0 bridgehead atoms. The number of hydrogen-bond donors (Lipinski definition) is 0. The highest BCUT2D eigenvalue weighted by molar-refractivity contribution is 7.89. The molecule has 1 aliphatic heterocycles. The van der Waals surface area contributed by atoms with Gasteiger partial charge in [-0.3, -0.25) is 14.6 Å². The van der Waals surface area contributed by atoms with E-state index < -0.39 is 27.9 Å². The Balaban J connectivity index is 1.31. The molecule has 10 heteroatoms. The van der Waals surface area contributed by atoms with E-state index in [9.17, 15) is 18.0 Å². The number of imide groups is 1. The molecule has 0 N–H and O–H groups in total. The van der Waals surface area contributed by atoms with Gasteiger partial charge in [-0.05, 0) is 79.6 Å². The third-order valence-corrected chi connectivity index (χ3v) is 10.0. The quantitative estimate of drug-likeness (QED) is 0.235. The fourth-order valence-electron chi connectivity index (χ4n) is 4.90. The van der Waals surface area contributed by atoms with E-state index in [0.717, 1.165) is 41.1 Å². The summed E-state index contributed by atoms with van der Waals surface area (Å²) in [6.45, 7) is 3.80. The van der Waals surface area contributed by atoms with Crippen LogP contribution in [0.15, 0.2) is 96.2 Å². The van der Waals surface area contributed by atoms with E-state index in [0.29, 0.717) is 11.3 Å². The normalized spacial score (nSPS) is 15.8. The molecule has 206 valence electrons. The fourth-order valence-corrected chi connectivity index (χ4v) is 7.54. The van der Waals surface area contributed by atoms with Gasteiger partial charge < -0.3 is 0 Å². The Labute approximate surface area is 242 Å². The van der Waals surface area contributed by atoms with Gasteiger partial charge in [-0.25, -0.2) is 18.3 Å². The molecule has 1 atom stereocenters. The minimum atomic E-state index is -4.12. The van der Waals surface area contributed by atoms with Crippen molar-refractivity contribution in [3.8, 4) is 10.6 Å². The Hall–Kier alpha value is -4.25. The number of carbonyl (C=O) groups is 2. The van der Waals surface area contributed by atoms with E-state index in [2.05, 4.69) is 11.1 Å². The van der Waals surface area contributed by atoms with Crippen LogP contribution in [-0.4, -0.2) is 40.5 Å². The zero-order valence-electron chi connectivity index (χ0n) is 22.4. The molecule has 0 radical (unpaired) electrons. The highest BCUT2D eigenvalue weighted by Gasteiger charge is 2.47. The van der Waals surface area contributed by atoms with Crippen LogP contribution in [0.2, 0.25) is 0 Å². The molecule has 2 aromatic heterocycles. The number of thiazole rings is 1. The number of rotatable bonds is 7. The van der Waals surface area contributed by atoms with Crippen LogP contribution in [0.4, 0.5) is 5.69 Å². The van der Waals surface area contributed by atoms with E-state index in [-0.39, 0.29) is 17.9 Å². The smallest absolute Gasteiger partial charge is 0.252 e. The topological polar surface area (TPSA) is 101 Å². The molecule has 8 nitrogen and oxygen atoms in total. The van der Waals surface area contributed by atoms with Gasteiger partial charge in [-0.2, -0.15) is 4.31 Å². The molecule has 1 aliphatic rings. The fraction of sp³-hybridized carbons (Fsp3) is 0.161. The second-order valence-corrected chi connectivity index (χ2v) is 13.0. The molecule has 6 rings (SSSR count). The number of nitrogens with zero attached hydrogens (tertiary/aromatic N) is 4. The summed E-state index contributed by atoms with van der Waals surface area (Å²) in [5.41, 5.74) is 4.84. The maximum atomic E-state index is 13.8. The SMILES string of the molecule is Cc1ccc(S(=O)(=O)N(Cc2cccnc2)C2CC(=O)N(c3ccc(-c4nc5ccc(C)cc5s4)cc3)C2=O)cc1. The van der Waals surface area contributed by atoms with Crippen molar-refractivity contribution in [1.29, 1.82) is 0 Å². The number of hydrogen-bond acceptors (Lipinski definition) is 7. The summed E-state index contributed by atoms with van der Waals surface area (Å²) in [6.07, 6.45) is 2.88. The molecule has 0 spiro atoms. The van der Waals surface area contributed by atoms with E-state index >= 15 is 0 Å². The number of amides is 2. The molecule has 41 heavy (non-hydrogen) atoms. The van der Waals surface area contributed by atoms with Crippen LogP contribution in [0.5, 0.6) is 0 Å².